The van der Waals surface area contributed by atoms with E-state index < -0.39 is 27.8 Å². The predicted octanol–water partition coefficient (Wildman–Crippen LogP) is -0.583. The fraction of sp³-hybridized carbons (Fsp3) is 0.800. The Hall–Kier alpha value is -1.15. The van der Waals surface area contributed by atoms with Gasteiger partial charge in [-0.05, 0) is 12.8 Å². The molecule has 7 nitrogen and oxygen atoms in total. The molecule has 1 atom stereocenters. The third-order valence-electron chi connectivity index (χ3n) is 2.17. The van der Waals surface area contributed by atoms with Gasteiger partial charge in [-0.1, -0.05) is 0 Å². The Morgan fingerprint density at radius 3 is 2.44 bits per heavy atom. The van der Waals surface area contributed by atoms with Crippen LogP contribution in [-0.2, 0) is 24.2 Å². The van der Waals surface area contributed by atoms with Gasteiger partial charge in [0.15, 0.2) is 0 Å². The third-order valence-corrected chi connectivity index (χ3v) is 3.12. The standard InChI is InChI=1S/C10H19NO6S/c1-17-6-3-4-8(10(13)14)11-9(12)5-7-18(2,15)16/h8H,3-7H2,1-2H3,(H,11,12)(H,13,14). The largest absolute Gasteiger partial charge is 0.480 e. The van der Waals surface area contributed by atoms with Crippen LogP contribution in [0.4, 0.5) is 0 Å². The molecule has 0 aromatic rings. The SMILES string of the molecule is COCCCC(NC(=O)CCS(C)(=O)=O)C(=O)O. The summed E-state index contributed by atoms with van der Waals surface area (Å²) < 4.78 is 26.5. The second kappa shape index (κ2) is 8.04. The lowest BCUT2D eigenvalue weighted by Gasteiger charge is -2.14. The van der Waals surface area contributed by atoms with Crippen molar-refractivity contribution in [1.29, 1.82) is 0 Å². The van der Waals surface area contributed by atoms with Crippen LogP contribution in [0.25, 0.3) is 0 Å². The average Bonchev–Trinajstić information content (AvgIpc) is 2.24. The number of rotatable bonds is 9. The van der Waals surface area contributed by atoms with Gasteiger partial charge in [0.05, 0.1) is 5.75 Å². The molecule has 0 saturated heterocycles. The zero-order chi connectivity index (χ0) is 14.2. The molecule has 0 spiro atoms. The minimum Gasteiger partial charge on any atom is -0.480 e. The van der Waals surface area contributed by atoms with Crippen LogP contribution in [0.5, 0.6) is 0 Å². The number of hydrogen-bond acceptors (Lipinski definition) is 5. The van der Waals surface area contributed by atoms with Crippen molar-refractivity contribution in [1.82, 2.24) is 5.32 Å². The van der Waals surface area contributed by atoms with E-state index in [0.29, 0.717) is 13.0 Å². The Labute approximate surface area is 106 Å². The first kappa shape index (κ1) is 16.9. The third kappa shape index (κ3) is 8.94. The fourth-order valence-electron chi connectivity index (χ4n) is 1.23. The van der Waals surface area contributed by atoms with Gasteiger partial charge in [0.25, 0.3) is 0 Å². The minimum atomic E-state index is -3.22. The van der Waals surface area contributed by atoms with Gasteiger partial charge in [0.2, 0.25) is 5.91 Å². The highest BCUT2D eigenvalue weighted by Gasteiger charge is 2.19. The van der Waals surface area contributed by atoms with Gasteiger partial charge in [-0.15, -0.1) is 0 Å². The van der Waals surface area contributed by atoms with Crippen LogP contribution in [0.1, 0.15) is 19.3 Å². The number of aliphatic carboxylic acids is 1. The van der Waals surface area contributed by atoms with Crippen molar-refractivity contribution in [3.63, 3.8) is 0 Å². The summed E-state index contributed by atoms with van der Waals surface area (Å²) in [5, 5.41) is 11.2. The lowest BCUT2D eigenvalue weighted by Crippen LogP contribution is -2.41. The van der Waals surface area contributed by atoms with Crippen LogP contribution in [0.3, 0.4) is 0 Å². The molecule has 8 heteroatoms. The molecular weight excluding hydrogens is 262 g/mol. The maximum absolute atomic E-state index is 11.4. The van der Waals surface area contributed by atoms with Gasteiger partial charge < -0.3 is 15.2 Å². The second-order valence-electron chi connectivity index (χ2n) is 3.97. The average molecular weight is 281 g/mol. The summed E-state index contributed by atoms with van der Waals surface area (Å²) in [6.45, 7) is 0.406. The first-order valence-electron chi connectivity index (χ1n) is 5.45. The quantitative estimate of drug-likeness (QED) is 0.547. The molecule has 0 aliphatic carbocycles. The molecule has 0 fully saturated rings. The first-order chi connectivity index (χ1) is 8.26. The summed E-state index contributed by atoms with van der Waals surface area (Å²) in [6.07, 6.45) is 1.54. The Morgan fingerprint density at radius 2 is 2.00 bits per heavy atom. The van der Waals surface area contributed by atoms with Gasteiger partial charge in [-0.25, -0.2) is 13.2 Å². The number of carboxylic acids is 1. The summed E-state index contributed by atoms with van der Waals surface area (Å²) in [5.41, 5.74) is 0. The number of sulfone groups is 1. The molecule has 0 rings (SSSR count). The smallest absolute Gasteiger partial charge is 0.326 e. The molecule has 0 aliphatic rings. The van der Waals surface area contributed by atoms with Crippen LogP contribution in [0.2, 0.25) is 0 Å². The lowest BCUT2D eigenvalue weighted by atomic mass is 10.1. The van der Waals surface area contributed by atoms with E-state index in [-0.39, 0.29) is 18.6 Å². The van der Waals surface area contributed by atoms with E-state index in [4.69, 9.17) is 9.84 Å². The van der Waals surface area contributed by atoms with Crippen molar-refractivity contribution in [2.24, 2.45) is 0 Å². The normalized spacial score (nSPS) is 13.0. The summed E-state index contributed by atoms with van der Waals surface area (Å²) in [4.78, 5) is 22.2. The second-order valence-corrected chi connectivity index (χ2v) is 6.23. The molecule has 1 unspecified atom stereocenters. The summed E-state index contributed by atoms with van der Waals surface area (Å²) in [7, 11) is -1.72. The Morgan fingerprint density at radius 1 is 1.39 bits per heavy atom. The Kier molecular flexibility index (Phi) is 7.53. The number of nitrogens with one attached hydrogen (secondary N) is 1. The number of carbonyl (C=O) groups is 2. The van der Waals surface area contributed by atoms with Crippen molar-refractivity contribution in [2.75, 3.05) is 25.7 Å². The molecule has 0 radical (unpaired) electrons. The van der Waals surface area contributed by atoms with Gasteiger partial charge in [-0.2, -0.15) is 0 Å². The topological polar surface area (TPSA) is 110 Å². The van der Waals surface area contributed by atoms with Crippen molar-refractivity contribution in [3.8, 4) is 0 Å². The molecule has 0 aromatic heterocycles. The fourth-order valence-corrected chi connectivity index (χ4v) is 1.79. The Bertz CT molecular complexity index is 378. The predicted molar refractivity (Wildman–Crippen MR) is 65.0 cm³/mol. The van der Waals surface area contributed by atoms with Gasteiger partial charge >= 0.3 is 5.97 Å². The lowest BCUT2D eigenvalue weighted by molar-refractivity contribution is -0.142. The number of methoxy groups -OCH3 is 1. The van der Waals surface area contributed by atoms with E-state index in [1.165, 1.54) is 7.11 Å². The van der Waals surface area contributed by atoms with Crippen molar-refractivity contribution >= 4 is 21.7 Å². The van der Waals surface area contributed by atoms with Crippen LogP contribution < -0.4 is 5.32 Å². The maximum Gasteiger partial charge on any atom is 0.326 e. The van der Waals surface area contributed by atoms with E-state index in [1.54, 1.807) is 0 Å². The van der Waals surface area contributed by atoms with Crippen LogP contribution in [0.15, 0.2) is 0 Å². The number of hydrogen-bond donors (Lipinski definition) is 2. The zero-order valence-electron chi connectivity index (χ0n) is 10.5. The van der Waals surface area contributed by atoms with Crippen molar-refractivity contribution in [3.05, 3.63) is 0 Å². The molecule has 0 heterocycles. The number of amides is 1. The molecule has 0 aliphatic heterocycles. The summed E-state index contributed by atoms with van der Waals surface area (Å²) in [5.74, 6) is -2.01. The van der Waals surface area contributed by atoms with E-state index in [1.807, 2.05) is 0 Å². The van der Waals surface area contributed by atoms with Crippen LogP contribution in [0, 0.1) is 0 Å². The highest BCUT2D eigenvalue weighted by atomic mass is 32.2. The molecule has 18 heavy (non-hydrogen) atoms. The maximum atomic E-state index is 11.4. The summed E-state index contributed by atoms with van der Waals surface area (Å²) >= 11 is 0. The Balaban J connectivity index is 4.16. The number of ether oxygens (including phenoxy) is 1. The number of carbonyl (C=O) groups excluding carboxylic acids is 1. The summed E-state index contributed by atoms with van der Waals surface area (Å²) in [6, 6.07) is -1.01. The monoisotopic (exact) mass is 281 g/mol. The van der Waals surface area contributed by atoms with Crippen LogP contribution >= 0.6 is 0 Å². The molecule has 2 N–H and O–H groups in total. The highest BCUT2D eigenvalue weighted by Crippen LogP contribution is 1.99. The highest BCUT2D eigenvalue weighted by molar-refractivity contribution is 7.90. The molecule has 0 bridgehead atoms. The van der Waals surface area contributed by atoms with Gasteiger partial charge in [-0.3, -0.25) is 4.79 Å². The van der Waals surface area contributed by atoms with Gasteiger partial charge in [0, 0.05) is 26.4 Å². The minimum absolute atomic E-state index is 0.229. The van der Waals surface area contributed by atoms with Crippen molar-refractivity contribution in [2.45, 2.75) is 25.3 Å². The van der Waals surface area contributed by atoms with E-state index in [2.05, 4.69) is 5.32 Å². The zero-order valence-corrected chi connectivity index (χ0v) is 11.3. The van der Waals surface area contributed by atoms with E-state index >= 15 is 0 Å². The van der Waals surface area contributed by atoms with E-state index in [0.717, 1.165) is 6.26 Å². The molecular formula is C10H19NO6S. The molecule has 1 amide bonds. The van der Waals surface area contributed by atoms with E-state index in [9.17, 15) is 18.0 Å². The number of carboxylic acid groups (broad SMARTS) is 1. The van der Waals surface area contributed by atoms with Crippen molar-refractivity contribution < 1.29 is 27.9 Å². The first-order valence-corrected chi connectivity index (χ1v) is 7.51. The molecule has 0 saturated carbocycles. The van der Waals surface area contributed by atoms with Crippen LogP contribution in [-0.4, -0.2) is 57.2 Å². The van der Waals surface area contributed by atoms with Gasteiger partial charge in [0.1, 0.15) is 15.9 Å². The molecule has 106 valence electrons. The molecule has 0 aromatic carbocycles.